The molecule has 1 aliphatic carbocycles. The number of nitrogens with zero attached hydrogens (tertiary/aromatic N) is 2. The Bertz CT molecular complexity index is 600. The van der Waals surface area contributed by atoms with Crippen molar-refractivity contribution in [1.82, 2.24) is 15.1 Å². The van der Waals surface area contributed by atoms with E-state index in [4.69, 9.17) is 0 Å². The third-order valence-electron chi connectivity index (χ3n) is 5.46. The van der Waals surface area contributed by atoms with E-state index in [0.29, 0.717) is 31.6 Å². The van der Waals surface area contributed by atoms with Crippen molar-refractivity contribution in [1.29, 1.82) is 0 Å². The van der Waals surface area contributed by atoms with Crippen molar-refractivity contribution >= 4 is 11.8 Å². The number of likely N-dealkylation sites (tertiary alicyclic amines) is 1. The van der Waals surface area contributed by atoms with Crippen molar-refractivity contribution in [3.05, 3.63) is 35.9 Å². The molecule has 1 aromatic carbocycles. The van der Waals surface area contributed by atoms with E-state index in [1.807, 2.05) is 30.3 Å². The van der Waals surface area contributed by atoms with Gasteiger partial charge in [0, 0.05) is 25.2 Å². The number of carbonyl (C=O) groups excluding carboxylic acids is 2. The Labute approximate surface area is 150 Å². The number of rotatable bonds is 7. The maximum absolute atomic E-state index is 12.6. The van der Waals surface area contributed by atoms with Crippen molar-refractivity contribution in [3.63, 3.8) is 0 Å². The molecule has 1 saturated carbocycles. The number of amides is 2. The van der Waals surface area contributed by atoms with E-state index in [0.717, 1.165) is 18.4 Å². The molecule has 3 rings (SSSR count). The minimum atomic E-state index is -0.311. The van der Waals surface area contributed by atoms with Crippen LogP contribution >= 0.6 is 0 Å². The molecule has 2 amide bonds. The van der Waals surface area contributed by atoms with Crippen LogP contribution in [0.5, 0.6) is 0 Å². The first kappa shape index (κ1) is 17.9. The van der Waals surface area contributed by atoms with E-state index in [-0.39, 0.29) is 17.9 Å². The van der Waals surface area contributed by atoms with E-state index in [1.165, 1.54) is 12.8 Å². The molecule has 5 nitrogen and oxygen atoms in total. The fourth-order valence-corrected chi connectivity index (χ4v) is 3.56. The second kappa shape index (κ2) is 8.00. The lowest BCUT2D eigenvalue weighted by atomic mass is 10.1. The van der Waals surface area contributed by atoms with Crippen LogP contribution < -0.4 is 5.32 Å². The predicted octanol–water partition coefficient (Wildman–Crippen LogP) is 1.82. The van der Waals surface area contributed by atoms with Gasteiger partial charge < -0.3 is 10.2 Å². The van der Waals surface area contributed by atoms with Crippen LogP contribution in [0.2, 0.25) is 0 Å². The molecule has 1 saturated heterocycles. The van der Waals surface area contributed by atoms with Crippen molar-refractivity contribution in [2.24, 2.45) is 0 Å². The molecule has 136 valence electrons. The smallest absolute Gasteiger partial charge is 0.242 e. The van der Waals surface area contributed by atoms with E-state index in [9.17, 15) is 9.59 Å². The number of hydrogen-bond acceptors (Lipinski definition) is 3. The second-order valence-electron chi connectivity index (χ2n) is 7.40. The van der Waals surface area contributed by atoms with Gasteiger partial charge in [-0.1, -0.05) is 30.3 Å². The third-order valence-corrected chi connectivity index (χ3v) is 5.46. The fraction of sp³-hybridized carbons (Fsp3) is 0.600. The van der Waals surface area contributed by atoms with Gasteiger partial charge in [0.25, 0.3) is 0 Å². The average molecular weight is 343 g/mol. The number of nitrogens with one attached hydrogen (secondary N) is 1. The summed E-state index contributed by atoms with van der Waals surface area (Å²) in [4.78, 5) is 29.3. The molecule has 1 aliphatic heterocycles. The first-order chi connectivity index (χ1) is 12.1. The molecule has 1 aromatic rings. The van der Waals surface area contributed by atoms with Gasteiger partial charge in [-0.05, 0) is 45.2 Å². The van der Waals surface area contributed by atoms with Crippen LogP contribution in [0.4, 0.5) is 0 Å². The predicted molar refractivity (Wildman–Crippen MR) is 98.1 cm³/mol. The Hall–Kier alpha value is -1.88. The van der Waals surface area contributed by atoms with Crippen LogP contribution in [-0.2, 0) is 16.0 Å². The van der Waals surface area contributed by atoms with Crippen LogP contribution in [0, 0.1) is 0 Å². The second-order valence-corrected chi connectivity index (χ2v) is 7.40. The van der Waals surface area contributed by atoms with Gasteiger partial charge in [-0.2, -0.15) is 0 Å². The highest BCUT2D eigenvalue weighted by Gasteiger charge is 2.34. The zero-order valence-electron chi connectivity index (χ0n) is 15.3. The summed E-state index contributed by atoms with van der Waals surface area (Å²) < 4.78 is 0. The topological polar surface area (TPSA) is 52.7 Å². The summed E-state index contributed by atoms with van der Waals surface area (Å²) in [6, 6.07) is 10.4. The Morgan fingerprint density at radius 1 is 1.24 bits per heavy atom. The maximum atomic E-state index is 12.6. The highest BCUT2D eigenvalue weighted by atomic mass is 16.2. The molecule has 5 heteroatoms. The summed E-state index contributed by atoms with van der Waals surface area (Å²) >= 11 is 0. The van der Waals surface area contributed by atoms with Crippen molar-refractivity contribution < 1.29 is 9.59 Å². The van der Waals surface area contributed by atoms with Gasteiger partial charge >= 0.3 is 0 Å². The molecule has 0 bridgehead atoms. The normalized spacial score (nSPS) is 21.4. The summed E-state index contributed by atoms with van der Waals surface area (Å²) in [6.07, 6.45) is 4.55. The molecule has 1 N–H and O–H groups in total. The molecule has 1 heterocycles. The Balaban J connectivity index is 1.51. The minimum absolute atomic E-state index is 0.00467. The quantitative estimate of drug-likeness (QED) is 0.822. The summed E-state index contributed by atoms with van der Waals surface area (Å²) in [7, 11) is 2.12. The molecule has 2 aliphatic rings. The monoisotopic (exact) mass is 343 g/mol. The average Bonchev–Trinajstić information content (AvgIpc) is 3.35. The van der Waals surface area contributed by atoms with Crippen molar-refractivity contribution in [3.8, 4) is 0 Å². The molecule has 0 spiro atoms. The summed E-state index contributed by atoms with van der Waals surface area (Å²) in [6.45, 7) is 3.47. The molecule has 0 radical (unpaired) electrons. The summed E-state index contributed by atoms with van der Waals surface area (Å²) in [5, 5.41) is 3.06. The fourth-order valence-electron chi connectivity index (χ4n) is 3.56. The Kier molecular flexibility index (Phi) is 5.74. The van der Waals surface area contributed by atoms with Gasteiger partial charge in [-0.3, -0.25) is 14.5 Å². The lowest BCUT2D eigenvalue weighted by Crippen LogP contribution is -2.49. The SMILES string of the molecule is CC(CNC(=O)C1CCCN1C(=O)Cc1ccccc1)N(C)C1CC1. The lowest BCUT2D eigenvalue weighted by molar-refractivity contribution is -0.138. The highest BCUT2D eigenvalue weighted by Crippen LogP contribution is 2.26. The van der Waals surface area contributed by atoms with Crippen LogP contribution in [-0.4, -0.2) is 59.9 Å². The molecule has 2 unspecified atom stereocenters. The largest absolute Gasteiger partial charge is 0.353 e. The van der Waals surface area contributed by atoms with Gasteiger partial charge in [0.1, 0.15) is 6.04 Å². The molecular formula is C20H29N3O2. The van der Waals surface area contributed by atoms with Gasteiger partial charge in [0.05, 0.1) is 6.42 Å². The van der Waals surface area contributed by atoms with Gasteiger partial charge in [0.15, 0.2) is 0 Å². The zero-order valence-corrected chi connectivity index (χ0v) is 15.3. The van der Waals surface area contributed by atoms with Crippen molar-refractivity contribution in [2.45, 2.75) is 57.2 Å². The number of hydrogen-bond donors (Lipinski definition) is 1. The van der Waals surface area contributed by atoms with E-state index < -0.39 is 0 Å². The van der Waals surface area contributed by atoms with Gasteiger partial charge in [-0.15, -0.1) is 0 Å². The highest BCUT2D eigenvalue weighted by molar-refractivity contribution is 5.89. The molecule has 2 fully saturated rings. The van der Waals surface area contributed by atoms with Crippen LogP contribution in [0.15, 0.2) is 30.3 Å². The zero-order chi connectivity index (χ0) is 17.8. The van der Waals surface area contributed by atoms with Crippen molar-refractivity contribution in [2.75, 3.05) is 20.1 Å². The molecule has 25 heavy (non-hydrogen) atoms. The Morgan fingerprint density at radius 3 is 2.64 bits per heavy atom. The number of benzene rings is 1. The van der Waals surface area contributed by atoms with Crippen LogP contribution in [0.3, 0.4) is 0 Å². The summed E-state index contributed by atoms with van der Waals surface area (Å²) in [5.74, 6) is 0.0435. The Morgan fingerprint density at radius 2 is 1.96 bits per heavy atom. The first-order valence-corrected chi connectivity index (χ1v) is 9.39. The van der Waals surface area contributed by atoms with E-state index in [1.54, 1.807) is 4.90 Å². The maximum Gasteiger partial charge on any atom is 0.242 e. The van der Waals surface area contributed by atoms with Crippen LogP contribution in [0.25, 0.3) is 0 Å². The minimum Gasteiger partial charge on any atom is -0.353 e. The molecule has 0 aromatic heterocycles. The van der Waals surface area contributed by atoms with Gasteiger partial charge in [-0.25, -0.2) is 0 Å². The number of carbonyl (C=O) groups is 2. The standard InChI is InChI=1S/C20H29N3O2/c1-15(22(2)17-10-11-17)14-21-20(25)18-9-6-12-23(18)19(24)13-16-7-4-3-5-8-16/h3-5,7-8,15,17-18H,6,9-14H2,1-2H3,(H,21,25). The lowest BCUT2D eigenvalue weighted by Gasteiger charge is -2.27. The summed E-state index contributed by atoms with van der Waals surface area (Å²) in [5.41, 5.74) is 0.998. The van der Waals surface area contributed by atoms with Gasteiger partial charge in [0.2, 0.25) is 11.8 Å². The molecular weight excluding hydrogens is 314 g/mol. The third kappa shape index (κ3) is 4.60. The van der Waals surface area contributed by atoms with E-state index in [2.05, 4.69) is 24.2 Å². The molecule has 2 atom stereocenters. The van der Waals surface area contributed by atoms with Crippen LogP contribution in [0.1, 0.15) is 38.2 Å². The first-order valence-electron chi connectivity index (χ1n) is 9.39. The van der Waals surface area contributed by atoms with E-state index >= 15 is 0 Å². The number of likely N-dealkylation sites (N-methyl/N-ethyl adjacent to an activating group) is 1.